The molecule has 0 aromatic heterocycles. The second-order valence-corrected chi connectivity index (χ2v) is 6.02. The fourth-order valence-corrected chi connectivity index (χ4v) is 3.02. The van der Waals surface area contributed by atoms with E-state index in [0.29, 0.717) is 0 Å². The van der Waals surface area contributed by atoms with Crippen molar-refractivity contribution in [1.29, 1.82) is 0 Å². The quantitative estimate of drug-likeness (QED) is 0.781. The maximum Gasteiger partial charge on any atom is 0.499 e. The molecule has 106 valence electrons. The summed E-state index contributed by atoms with van der Waals surface area (Å²) in [4.78, 5) is 0. The highest BCUT2D eigenvalue weighted by Crippen LogP contribution is 2.37. The van der Waals surface area contributed by atoms with Crippen molar-refractivity contribution in [3.8, 4) is 5.75 Å². The fraction of sp³-hybridized carbons (Fsp3) is 0.385. The summed E-state index contributed by atoms with van der Waals surface area (Å²) in [5.74, 6) is 0.721. The van der Waals surface area contributed by atoms with E-state index in [-0.39, 0.29) is 19.3 Å². The normalized spacial score (nSPS) is 28.4. The summed E-state index contributed by atoms with van der Waals surface area (Å²) in [7, 11) is -0.571. The third-order valence-electron chi connectivity index (χ3n) is 3.53. The molecular weight excluding hydrogens is 325 g/mol. The third-order valence-corrected chi connectivity index (χ3v) is 4.22. The molecule has 0 radical (unpaired) electrons. The molecule has 0 saturated heterocycles. The van der Waals surface area contributed by atoms with Gasteiger partial charge in [0.2, 0.25) is 0 Å². The van der Waals surface area contributed by atoms with Gasteiger partial charge in [0.05, 0.1) is 12.7 Å². The van der Waals surface area contributed by atoms with Crippen LogP contribution in [0.2, 0.25) is 0 Å². The van der Waals surface area contributed by atoms with Crippen LogP contribution in [0.1, 0.15) is 18.6 Å². The molecule has 2 aliphatic heterocycles. The molecule has 3 N–H and O–H groups in total. The lowest BCUT2D eigenvalue weighted by molar-refractivity contribution is -0.0248. The van der Waals surface area contributed by atoms with Crippen LogP contribution >= 0.6 is 15.9 Å². The molecule has 20 heavy (non-hydrogen) atoms. The van der Waals surface area contributed by atoms with Gasteiger partial charge in [0.1, 0.15) is 18.0 Å². The summed E-state index contributed by atoms with van der Waals surface area (Å²) in [6, 6.07) is 3.79. The monoisotopic (exact) mass is 339 g/mol. The number of benzene rings is 1. The Morgan fingerprint density at radius 3 is 3.10 bits per heavy atom. The molecule has 0 bridgehead atoms. The van der Waals surface area contributed by atoms with Crippen molar-refractivity contribution in [3.05, 3.63) is 34.4 Å². The minimum atomic E-state index is -0.797. The van der Waals surface area contributed by atoms with Gasteiger partial charge in [-0.3, -0.25) is 0 Å². The molecule has 5 nitrogen and oxygen atoms in total. The van der Waals surface area contributed by atoms with Crippen LogP contribution < -0.4 is 15.9 Å². The highest BCUT2D eigenvalue weighted by Gasteiger charge is 2.47. The van der Waals surface area contributed by atoms with Gasteiger partial charge in [-0.1, -0.05) is 15.9 Å². The van der Waals surface area contributed by atoms with Gasteiger partial charge >= 0.3 is 7.12 Å². The van der Waals surface area contributed by atoms with Gasteiger partial charge in [-0.25, -0.2) is 0 Å². The van der Waals surface area contributed by atoms with E-state index in [4.69, 9.17) is 19.8 Å². The standard InChI is InChI=1S/C13H15BBrNO4/c1-13(6-17)7-18-10-3-2-8(15)11-9(4-5-16)19-14(20-13)12(10)11/h2-5,9,17H,6-7,16H2,1H3/b5-4+/t9?,13-/m1/s1. The number of hydrogen-bond donors (Lipinski definition) is 2. The smallest absolute Gasteiger partial charge is 0.491 e. The first-order valence-electron chi connectivity index (χ1n) is 6.35. The molecule has 7 heteroatoms. The summed E-state index contributed by atoms with van der Waals surface area (Å²) < 4.78 is 18.5. The maximum absolute atomic E-state index is 9.50. The second-order valence-electron chi connectivity index (χ2n) is 5.16. The van der Waals surface area contributed by atoms with Crippen LogP contribution in [0.3, 0.4) is 0 Å². The zero-order valence-corrected chi connectivity index (χ0v) is 12.6. The predicted molar refractivity (Wildman–Crippen MR) is 78.8 cm³/mol. The Balaban J connectivity index is 2.10. The highest BCUT2D eigenvalue weighted by molar-refractivity contribution is 9.10. The first-order valence-corrected chi connectivity index (χ1v) is 7.15. The molecule has 0 spiro atoms. The van der Waals surface area contributed by atoms with E-state index in [1.807, 2.05) is 12.1 Å². The molecule has 0 fully saturated rings. The first-order chi connectivity index (χ1) is 9.58. The van der Waals surface area contributed by atoms with E-state index >= 15 is 0 Å². The molecule has 0 aliphatic carbocycles. The van der Waals surface area contributed by atoms with Crippen molar-refractivity contribution in [1.82, 2.24) is 0 Å². The van der Waals surface area contributed by atoms with E-state index in [2.05, 4.69) is 15.9 Å². The van der Waals surface area contributed by atoms with Gasteiger partial charge in [0.15, 0.2) is 0 Å². The van der Waals surface area contributed by atoms with E-state index in [1.165, 1.54) is 6.20 Å². The Hall–Kier alpha value is -1.02. The lowest BCUT2D eigenvalue weighted by atomic mass is 9.77. The van der Waals surface area contributed by atoms with Gasteiger partial charge in [-0.2, -0.15) is 0 Å². The summed E-state index contributed by atoms with van der Waals surface area (Å²) in [6.07, 6.45) is 2.92. The Kier molecular flexibility index (Phi) is 3.54. The van der Waals surface area contributed by atoms with Crippen LogP contribution in [0.4, 0.5) is 0 Å². The van der Waals surface area contributed by atoms with Crippen LogP contribution in [0.15, 0.2) is 28.9 Å². The minimum absolute atomic E-state index is 0.144. The fourth-order valence-electron chi connectivity index (χ4n) is 2.45. The number of rotatable bonds is 2. The molecular formula is C13H15BBrNO4. The van der Waals surface area contributed by atoms with Crippen LogP contribution in [0, 0.1) is 0 Å². The minimum Gasteiger partial charge on any atom is -0.491 e. The lowest BCUT2D eigenvalue weighted by Crippen LogP contribution is -2.45. The second kappa shape index (κ2) is 5.07. The average molecular weight is 340 g/mol. The van der Waals surface area contributed by atoms with Crippen molar-refractivity contribution in [2.24, 2.45) is 5.73 Å². The third kappa shape index (κ3) is 2.14. The van der Waals surface area contributed by atoms with Crippen LogP contribution in [0.25, 0.3) is 0 Å². The van der Waals surface area contributed by atoms with Gasteiger partial charge in [0, 0.05) is 15.5 Å². The summed E-state index contributed by atoms with van der Waals surface area (Å²) in [5.41, 5.74) is 6.50. The van der Waals surface area contributed by atoms with Crippen LogP contribution in [-0.4, -0.2) is 31.0 Å². The Bertz CT molecular complexity index is 568. The van der Waals surface area contributed by atoms with Crippen LogP contribution in [0.5, 0.6) is 5.75 Å². The van der Waals surface area contributed by atoms with Crippen molar-refractivity contribution < 1.29 is 19.2 Å². The SMILES string of the molecule is C[C@@]1(CO)COc2ccc(Br)c3c2B(OC3/C=C/N)O1. The largest absolute Gasteiger partial charge is 0.499 e. The van der Waals surface area contributed by atoms with Gasteiger partial charge < -0.3 is 24.9 Å². The van der Waals surface area contributed by atoms with Crippen molar-refractivity contribution in [2.75, 3.05) is 13.2 Å². The molecule has 1 aromatic rings. The zero-order valence-electron chi connectivity index (χ0n) is 11.0. The van der Waals surface area contributed by atoms with E-state index < -0.39 is 12.7 Å². The van der Waals surface area contributed by atoms with Gasteiger partial charge in [-0.15, -0.1) is 0 Å². The Morgan fingerprint density at radius 1 is 1.60 bits per heavy atom. The molecule has 1 aromatic carbocycles. The molecule has 2 aliphatic rings. The van der Waals surface area contributed by atoms with Crippen molar-refractivity contribution in [2.45, 2.75) is 18.6 Å². The number of ether oxygens (including phenoxy) is 1. The number of halogens is 1. The number of hydrogen-bond acceptors (Lipinski definition) is 5. The number of aliphatic hydroxyl groups excluding tert-OH is 1. The van der Waals surface area contributed by atoms with Gasteiger partial charge in [0.25, 0.3) is 0 Å². The summed E-state index contributed by atoms with van der Waals surface area (Å²) >= 11 is 3.53. The topological polar surface area (TPSA) is 73.9 Å². The molecule has 2 atom stereocenters. The van der Waals surface area contributed by atoms with E-state index in [1.54, 1.807) is 13.0 Å². The molecule has 0 amide bonds. The Labute approximate surface area is 126 Å². The molecule has 1 unspecified atom stereocenters. The molecule has 3 rings (SSSR count). The zero-order chi connectivity index (χ0) is 14.3. The van der Waals surface area contributed by atoms with Crippen molar-refractivity contribution >= 4 is 28.5 Å². The Morgan fingerprint density at radius 2 is 2.40 bits per heavy atom. The predicted octanol–water partition coefficient (Wildman–Crippen LogP) is 0.848. The summed E-state index contributed by atoms with van der Waals surface area (Å²) in [6.45, 7) is 1.92. The number of nitrogens with two attached hydrogens (primary N) is 1. The average Bonchev–Trinajstić information content (AvgIpc) is 2.71. The van der Waals surface area contributed by atoms with Crippen molar-refractivity contribution in [3.63, 3.8) is 0 Å². The van der Waals surface area contributed by atoms with Gasteiger partial charge in [-0.05, 0) is 31.3 Å². The number of aliphatic hydroxyl groups is 1. The highest BCUT2D eigenvalue weighted by atomic mass is 79.9. The lowest BCUT2D eigenvalue weighted by Gasteiger charge is -2.27. The maximum atomic E-state index is 9.50. The summed E-state index contributed by atoms with van der Waals surface area (Å²) in [5, 5.41) is 9.50. The van der Waals surface area contributed by atoms with Crippen LogP contribution in [-0.2, 0) is 9.31 Å². The molecule has 0 saturated carbocycles. The van der Waals surface area contributed by atoms with E-state index in [0.717, 1.165) is 21.2 Å². The first kappa shape index (κ1) is 13.9. The molecule has 2 heterocycles. The van der Waals surface area contributed by atoms with E-state index in [9.17, 15) is 5.11 Å².